The third-order valence-electron chi connectivity index (χ3n) is 4.71. The number of allylic oxidation sites excluding steroid dienone is 1. The van der Waals surface area contributed by atoms with Crippen molar-refractivity contribution >= 4 is 23.6 Å². The molecular weight excluding hydrogens is 443 g/mol. The molecule has 0 fully saturated rings. The molecule has 11 heteroatoms. The second kappa shape index (κ2) is 9.63. The monoisotopic (exact) mass is 463 g/mol. The molecule has 0 saturated carbocycles. The van der Waals surface area contributed by atoms with Gasteiger partial charge in [-0.15, -0.1) is 0 Å². The van der Waals surface area contributed by atoms with E-state index in [9.17, 15) is 27.6 Å². The van der Waals surface area contributed by atoms with Crippen LogP contribution >= 0.6 is 0 Å². The highest BCUT2D eigenvalue weighted by Gasteiger charge is 2.32. The minimum Gasteiger partial charge on any atom is -0.484 e. The molecule has 0 radical (unpaired) electrons. The molecule has 1 atom stereocenters. The van der Waals surface area contributed by atoms with Gasteiger partial charge in [0.2, 0.25) is 0 Å². The number of alkyl halides is 3. The Balaban J connectivity index is 1.70. The maximum absolute atomic E-state index is 12.8. The Kier molecular flexibility index (Phi) is 6.90. The number of hydrogen-bond acceptors (Lipinski definition) is 5. The Morgan fingerprint density at radius 3 is 2.55 bits per heavy atom. The van der Waals surface area contributed by atoms with E-state index in [2.05, 4.69) is 16.0 Å². The normalized spacial score (nSPS) is 15.9. The van der Waals surface area contributed by atoms with Crippen molar-refractivity contribution in [3.8, 4) is 5.75 Å². The van der Waals surface area contributed by atoms with E-state index in [-0.39, 0.29) is 17.0 Å². The lowest BCUT2D eigenvalue weighted by atomic mass is 9.95. The molecule has 1 aliphatic heterocycles. The van der Waals surface area contributed by atoms with Crippen LogP contribution in [0.5, 0.6) is 5.75 Å². The Hall–Kier alpha value is -4.02. The Labute approximate surface area is 186 Å². The number of anilines is 1. The van der Waals surface area contributed by atoms with Gasteiger partial charge in [0.1, 0.15) is 5.75 Å². The van der Waals surface area contributed by atoms with Crippen LogP contribution in [0.1, 0.15) is 24.1 Å². The van der Waals surface area contributed by atoms with Crippen LogP contribution in [0.15, 0.2) is 59.8 Å². The van der Waals surface area contributed by atoms with Gasteiger partial charge in [0, 0.05) is 11.4 Å². The molecule has 174 valence electrons. The predicted octanol–water partition coefficient (Wildman–Crippen LogP) is 3.52. The maximum atomic E-state index is 12.8. The first-order valence-electron chi connectivity index (χ1n) is 9.65. The van der Waals surface area contributed by atoms with Crippen molar-refractivity contribution in [2.75, 3.05) is 19.0 Å². The molecule has 8 nitrogen and oxygen atoms in total. The fraction of sp³-hybridized carbons (Fsp3) is 0.227. The summed E-state index contributed by atoms with van der Waals surface area (Å²) >= 11 is 0. The third kappa shape index (κ3) is 5.82. The molecule has 33 heavy (non-hydrogen) atoms. The van der Waals surface area contributed by atoms with Crippen molar-refractivity contribution in [1.82, 2.24) is 10.6 Å². The number of benzene rings is 2. The van der Waals surface area contributed by atoms with Crippen LogP contribution in [0.4, 0.5) is 23.7 Å². The lowest BCUT2D eigenvalue weighted by Crippen LogP contribution is -2.45. The fourth-order valence-corrected chi connectivity index (χ4v) is 3.23. The number of halogens is 3. The molecule has 0 unspecified atom stereocenters. The van der Waals surface area contributed by atoms with Gasteiger partial charge in [0.15, 0.2) is 6.61 Å². The largest absolute Gasteiger partial charge is 0.484 e. The number of ether oxygens (including phenoxy) is 2. The molecule has 2 aromatic carbocycles. The second-order valence-corrected chi connectivity index (χ2v) is 7.05. The first kappa shape index (κ1) is 23.6. The number of carbonyl (C=O) groups excluding carboxylic acids is 3. The first-order valence-corrected chi connectivity index (χ1v) is 9.65. The van der Waals surface area contributed by atoms with E-state index in [1.54, 1.807) is 25.1 Å². The van der Waals surface area contributed by atoms with Crippen molar-refractivity contribution in [2.24, 2.45) is 0 Å². The van der Waals surface area contributed by atoms with Crippen LogP contribution in [0.3, 0.4) is 0 Å². The number of methoxy groups -OCH3 is 1. The van der Waals surface area contributed by atoms with Gasteiger partial charge in [-0.3, -0.25) is 4.79 Å². The molecule has 1 heterocycles. The summed E-state index contributed by atoms with van der Waals surface area (Å²) in [6.07, 6.45) is -4.53. The molecule has 0 aliphatic carbocycles. The molecule has 3 N–H and O–H groups in total. The first-order chi connectivity index (χ1) is 15.6. The van der Waals surface area contributed by atoms with E-state index in [1.807, 2.05) is 0 Å². The molecule has 0 saturated heterocycles. The average Bonchev–Trinajstić information content (AvgIpc) is 2.76. The van der Waals surface area contributed by atoms with Crippen molar-refractivity contribution < 1.29 is 37.0 Å². The van der Waals surface area contributed by atoms with Crippen molar-refractivity contribution in [2.45, 2.75) is 19.1 Å². The van der Waals surface area contributed by atoms with E-state index >= 15 is 0 Å². The number of urea groups is 1. The number of nitrogens with one attached hydrogen (secondary N) is 3. The van der Waals surface area contributed by atoms with Crippen molar-refractivity contribution in [3.05, 3.63) is 70.9 Å². The summed E-state index contributed by atoms with van der Waals surface area (Å²) in [5, 5.41) is 7.49. The van der Waals surface area contributed by atoms with Crippen molar-refractivity contribution in [1.29, 1.82) is 0 Å². The summed E-state index contributed by atoms with van der Waals surface area (Å²) < 4.78 is 48.7. The Morgan fingerprint density at radius 2 is 1.85 bits per heavy atom. The van der Waals surface area contributed by atoms with Crippen LogP contribution in [0, 0.1) is 0 Å². The Morgan fingerprint density at radius 1 is 1.12 bits per heavy atom. The maximum Gasteiger partial charge on any atom is 0.416 e. The third-order valence-corrected chi connectivity index (χ3v) is 4.71. The average molecular weight is 463 g/mol. The van der Waals surface area contributed by atoms with Gasteiger partial charge in [0.25, 0.3) is 5.91 Å². The molecule has 1 aliphatic rings. The zero-order valence-corrected chi connectivity index (χ0v) is 17.6. The van der Waals surface area contributed by atoms with Gasteiger partial charge in [-0.05, 0) is 42.8 Å². The predicted molar refractivity (Wildman–Crippen MR) is 111 cm³/mol. The highest BCUT2D eigenvalue weighted by molar-refractivity contribution is 5.95. The molecule has 0 spiro atoms. The van der Waals surface area contributed by atoms with Crippen LogP contribution < -0.4 is 20.7 Å². The minimum atomic E-state index is -4.53. The van der Waals surface area contributed by atoms with Gasteiger partial charge in [0.05, 0.1) is 24.3 Å². The van der Waals surface area contributed by atoms with Crippen LogP contribution in [-0.4, -0.2) is 31.6 Å². The van der Waals surface area contributed by atoms with Crippen LogP contribution in [0.2, 0.25) is 0 Å². The molecule has 3 rings (SSSR count). The van der Waals surface area contributed by atoms with Gasteiger partial charge in [-0.25, -0.2) is 9.59 Å². The standard InChI is InChI=1S/C22H20F3N3O5/c1-12-18(20(30)32-2)19(28-21(31)26-12)13-5-3-8-16(9-13)33-11-17(29)27-15-7-4-6-14(10-15)22(23,24)25/h3-10,19H,11H2,1-2H3,(H,27,29)(H2,26,28,31)/t19-/m1/s1. The highest BCUT2D eigenvalue weighted by Crippen LogP contribution is 2.31. The summed E-state index contributed by atoms with van der Waals surface area (Å²) in [4.78, 5) is 36.3. The van der Waals surface area contributed by atoms with Crippen molar-refractivity contribution in [3.63, 3.8) is 0 Å². The lowest BCUT2D eigenvalue weighted by Gasteiger charge is -2.28. The van der Waals surface area contributed by atoms with Crippen LogP contribution in [-0.2, 0) is 20.5 Å². The molecule has 2 aromatic rings. The minimum absolute atomic E-state index is 0.0204. The number of amides is 3. The molecule has 3 amide bonds. The summed E-state index contributed by atoms with van der Waals surface area (Å²) in [6, 6.07) is 9.27. The van der Waals surface area contributed by atoms with Gasteiger partial charge >= 0.3 is 18.2 Å². The lowest BCUT2D eigenvalue weighted by molar-refractivity contribution is -0.138. The van der Waals surface area contributed by atoms with E-state index in [0.717, 1.165) is 12.1 Å². The molecule has 0 aromatic heterocycles. The van der Waals surface area contributed by atoms with E-state index < -0.39 is 42.3 Å². The highest BCUT2D eigenvalue weighted by atomic mass is 19.4. The smallest absolute Gasteiger partial charge is 0.416 e. The summed E-state index contributed by atoms with van der Waals surface area (Å²) in [6.45, 7) is 1.09. The van der Waals surface area contributed by atoms with Gasteiger partial charge < -0.3 is 25.4 Å². The quantitative estimate of drug-likeness (QED) is 0.569. The fourth-order valence-electron chi connectivity index (χ4n) is 3.23. The second-order valence-electron chi connectivity index (χ2n) is 7.05. The van der Waals surface area contributed by atoms with Gasteiger partial charge in [-0.2, -0.15) is 13.2 Å². The Bertz CT molecular complexity index is 1110. The number of carbonyl (C=O) groups is 3. The summed E-state index contributed by atoms with van der Waals surface area (Å²) in [7, 11) is 1.22. The number of rotatable bonds is 6. The SMILES string of the molecule is COC(=O)C1=C(C)NC(=O)N[C@@H]1c1cccc(OCC(=O)Nc2cccc(C(F)(F)F)c2)c1. The van der Waals surface area contributed by atoms with E-state index in [0.29, 0.717) is 11.3 Å². The van der Waals surface area contributed by atoms with E-state index in [1.165, 1.54) is 25.3 Å². The van der Waals surface area contributed by atoms with Gasteiger partial charge in [-0.1, -0.05) is 18.2 Å². The van der Waals surface area contributed by atoms with Crippen LogP contribution in [0.25, 0.3) is 0 Å². The number of hydrogen-bond donors (Lipinski definition) is 3. The zero-order valence-electron chi connectivity index (χ0n) is 17.6. The zero-order chi connectivity index (χ0) is 24.2. The summed E-state index contributed by atoms with van der Waals surface area (Å²) in [5.74, 6) is -1.04. The summed E-state index contributed by atoms with van der Waals surface area (Å²) in [5.41, 5.74) is 0.134. The topological polar surface area (TPSA) is 106 Å². The molecular formula is C22H20F3N3O5. The van der Waals surface area contributed by atoms with E-state index in [4.69, 9.17) is 9.47 Å². The number of esters is 1. The molecule has 0 bridgehead atoms.